The van der Waals surface area contributed by atoms with E-state index in [4.69, 9.17) is 14.6 Å². The highest BCUT2D eigenvalue weighted by molar-refractivity contribution is 5.82. The first-order valence-electron chi connectivity index (χ1n) is 8.73. The van der Waals surface area contributed by atoms with Crippen LogP contribution in [0.5, 0.6) is 0 Å². The first-order chi connectivity index (χ1) is 10.9. The Labute approximate surface area is 138 Å². The van der Waals surface area contributed by atoms with Gasteiger partial charge in [0.15, 0.2) is 6.10 Å². The van der Waals surface area contributed by atoms with Gasteiger partial charge in [0, 0.05) is 6.54 Å². The van der Waals surface area contributed by atoms with E-state index in [1.54, 1.807) is 11.8 Å². The molecular formula is C17H29NO5. The number of rotatable bonds is 5. The molecule has 0 bridgehead atoms. The van der Waals surface area contributed by atoms with Crippen molar-refractivity contribution in [3.8, 4) is 0 Å². The lowest BCUT2D eigenvalue weighted by molar-refractivity contribution is -0.172. The Bertz CT molecular complexity index is 427. The molecule has 0 aromatic rings. The van der Waals surface area contributed by atoms with Crippen LogP contribution >= 0.6 is 0 Å². The molecule has 6 nitrogen and oxygen atoms in total. The maximum absolute atomic E-state index is 12.8. The second-order valence-corrected chi connectivity index (χ2v) is 6.94. The number of carbonyl (C=O) groups is 2. The van der Waals surface area contributed by atoms with E-state index in [2.05, 4.69) is 6.92 Å². The van der Waals surface area contributed by atoms with Crippen molar-refractivity contribution in [3.05, 3.63) is 0 Å². The number of carboxylic acids is 1. The molecule has 1 amide bonds. The molecule has 2 aliphatic rings. The maximum Gasteiger partial charge on any atom is 0.334 e. The van der Waals surface area contributed by atoms with Gasteiger partial charge in [0.2, 0.25) is 0 Å². The molecule has 0 aromatic heterocycles. The van der Waals surface area contributed by atoms with Gasteiger partial charge < -0.3 is 19.5 Å². The summed E-state index contributed by atoms with van der Waals surface area (Å²) in [5.74, 6) is -0.488. The quantitative estimate of drug-likeness (QED) is 0.836. The molecule has 2 rings (SSSR count). The molecule has 4 unspecified atom stereocenters. The van der Waals surface area contributed by atoms with Crippen molar-refractivity contribution in [2.75, 3.05) is 13.1 Å². The lowest BCUT2D eigenvalue weighted by Gasteiger charge is -2.37. The predicted molar refractivity (Wildman–Crippen MR) is 85.1 cm³/mol. The van der Waals surface area contributed by atoms with Crippen molar-refractivity contribution in [2.45, 2.75) is 77.3 Å². The SMILES string of the molecule is CCC(OC1CCCC(C)C1)C(=O)N1CC(C(=O)O)O[C@H](C)C1. The molecule has 6 heteroatoms. The third-order valence-electron chi connectivity index (χ3n) is 4.74. The fourth-order valence-corrected chi connectivity index (χ4v) is 3.53. The number of nitrogens with zero attached hydrogens (tertiary/aromatic N) is 1. The summed E-state index contributed by atoms with van der Waals surface area (Å²) < 4.78 is 11.4. The van der Waals surface area contributed by atoms with Gasteiger partial charge in [0.1, 0.15) is 6.10 Å². The van der Waals surface area contributed by atoms with E-state index >= 15 is 0 Å². The van der Waals surface area contributed by atoms with E-state index in [-0.39, 0.29) is 24.7 Å². The third-order valence-corrected chi connectivity index (χ3v) is 4.74. The van der Waals surface area contributed by atoms with Gasteiger partial charge in [-0.15, -0.1) is 0 Å². The summed E-state index contributed by atoms with van der Waals surface area (Å²) in [4.78, 5) is 25.5. The van der Waals surface area contributed by atoms with Crippen molar-refractivity contribution in [3.63, 3.8) is 0 Å². The fraction of sp³-hybridized carbons (Fsp3) is 0.882. The highest BCUT2D eigenvalue weighted by Gasteiger charge is 2.36. The summed E-state index contributed by atoms with van der Waals surface area (Å²) in [6.45, 7) is 6.47. The average Bonchev–Trinajstić information content (AvgIpc) is 2.51. The Morgan fingerprint density at radius 1 is 1.30 bits per heavy atom. The molecule has 5 atom stereocenters. The van der Waals surface area contributed by atoms with Crippen molar-refractivity contribution >= 4 is 11.9 Å². The van der Waals surface area contributed by atoms with Crippen LogP contribution in [0.1, 0.15) is 52.9 Å². The van der Waals surface area contributed by atoms with Gasteiger partial charge in [-0.2, -0.15) is 0 Å². The molecule has 1 saturated carbocycles. The normalized spacial score (nSPS) is 33.3. The van der Waals surface area contributed by atoms with Crippen LogP contribution < -0.4 is 0 Å². The zero-order valence-corrected chi connectivity index (χ0v) is 14.4. The van der Waals surface area contributed by atoms with Crippen LogP contribution in [0.2, 0.25) is 0 Å². The summed E-state index contributed by atoms with van der Waals surface area (Å²) in [7, 11) is 0. The molecule has 23 heavy (non-hydrogen) atoms. The molecule has 1 heterocycles. The van der Waals surface area contributed by atoms with Gasteiger partial charge in [-0.05, 0) is 32.1 Å². The molecular weight excluding hydrogens is 298 g/mol. The highest BCUT2D eigenvalue weighted by atomic mass is 16.5. The van der Waals surface area contributed by atoms with Crippen molar-refractivity contribution < 1.29 is 24.2 Å². The van der Waals surface area contributed by atoms with E-state index < -0.39 is 18.2 Å². The minimum Gasteiger partial charge on any atom is -0.479 e. The molecule has 0 aromatic carbocycles. The lowest BCUT2D eigenvalue weighted by Crippen LogP contribution is -2.54. The zero-order valence-electron chi connectivity index (χ0n) is 14.4. The van der Waals surface area contributed by atoms with Crippen molar-refractivity contribution in [1.82, 2.24) is 4.90 Å². The highest BCUT2D eigenvalue weighted by Crippen LogP contribution is 2.27. The van der Waals surface area contributed by atoms with Gasteiger partial charge >= 0.3 is 5.97 Å². The summed E-state index contributed by atoms with van der Waals surface area (Å²) in [5, 5.41) is 9.15. The Morgan fingerprint density at radius 3 is 2.65 bits per heavy atom. The summed E-state index contributed by atoms with van der Waals surface area (Å²) >= 11 is 0. The van der Waals surface area contributed by atoms with Gasteiger partial charge in [-0.3, -0.25) is 4.79 Å². The van der Waals surface area contributed by atoms with Crippen LogP contribution in [0.15, 0.2) is 0 Å². The first kappa shape index (κ1) is 18.2. The predicted octanol–water partition coefficient (Wildman–Crippen LogP) is 2.06. The summed E-state index contributed by atoms with van der Waals surface area (Å²) in [5.41, 5.74) is 0. The van der Waals surface area contributed by atoms with Gasteiger partial charge in [0.25, 0.3) is 5.91 Å². The van der Waals surface area contributed by atoms with Crippen LogP contribution in [0.3, 0.4) is 0 Å². The number of carboxylic acid groups (broad SMARTS) is 1. The van der Waals surface area contributed by atoms with Crippen molar-refractivity contribution in [2.24, 2.45) is 5.92 Å². The molecule has 1 aliphatic heterocycles. The number of amides is 1. The second-order valence-electron chi connectivity index (χ2n) is 6.94. The number of aliphatic carboxylic acids is 1. The molecule has 1 N–H and O–H groups in total. The average molecular weight is 327 g/mol. The fourth-order valence-electron chi connectivity index (χ4n) is 3.53. The Hall–Kier alpha value is -1.14. The van der Waals surface area contributed by atoms with Crippen LogP contribution in [-0.4, -0.2) is 59.4 Å². The lowest BCUT2D eigenvalue weighted by atomic mass is 9.88. The van der Waals surface area contributed by atoms with Crippen molar-refractivity contribution in [1.29, 1.82) is 0 Å². The van der Waals surface area contributed by atoms with Crippen LogP contribution in [0.25, 0.3) is 0 Å². The maximum atomic E-state index is 12.8. The zero-order chi connectivity index (χ0) is 17.0. The molecule has 0 spiro atoms. The number of morpholine rings is 1. The first-order valence-corrected chi connectivity index (χ1v) is 8.73. The Morgan fingerprint density at radius 2 is 2.04 bits per heavy atom. The number of carbonyl (C=O) groups excluding carboxylic acids is 1. The number of ether oxygens (including phenoxy) is 2. The van der Waals surface area contributed by atoms with Crippen LogP contribution in [0, 0.1) is 5.92 Å². The summed E-state index contributed by atoms with van der Waals surface area (Å²) in [6, 6.07) is 0. The molecule has 1 aliphatic carbocycles. The van der Waals surface area contributed by atoms with E-state index in [1.807, 2.05) is 6.92 Å². The number of hydrogen-bond acceptors (Lipinski definition) is 4. The molecule has 2 fully saturated rings. The van der Waals surface area contributed by atoms with Crippen LogP contribution in [-0.2, 0) is 19.1 Å². The third kappa shape index (κ3) is 4.91. The van der Waals surface area contributed by atoms with Crippen LogP contribution in [0.4, 0.5) is 0 Å². The Kier molecular flexibility index (Phi) is 6.41. The molecule has 132 valence electrons. The largest absolute Gasteiger partial charge is 0.479 e. The van der Waals surface area contributed by atoms with Gasteiger partial charge in [-0.25, -0.2) is 4.79 Å². The monoisotopic (exact) mass is 327 g/mol. The minimum absolute atomic E-state index is 0.0967. The second kappa shape index (κ2) is 8.11. The van der Waals surface area contributed by atoms with E-state index in [0.29, 0.717) is 18.9 Å². The van der Waals surface area contributed by atoms with E-state index in [9.17, 15) is 9.59 Å². The van der Waals surface area contributed by atoms with Gasteiger partial charge in [-0.1, -0.05) is 26.7 Å². The molecule has 1 saturated heterocycles. The summed E-state index contributed by atoms with van der Waals surface area (Å²) in [6.07, 6.45) is 3.42. The number of hydrogen-bond donors (Lipinski definition) is 1. The molecule has 0 radical (unpaired) electrons. The minimum atomic E-state index is -1.02. The van der Waals surface area contributed by atoms with E-state index in [1.165, 1.54) is 6.42 Å². The van der Waals surface area contributed by atoms with E-state index in [0.717, 1.165) is 19.3 Å². The van der Waals surface area contributed by atoms with Gasteiger partial charge in [0.05, 0.1) is 18.8 Å². The Balaban J connectivity index is 1.96. The standard InChI is InChI=1S/C17H29NO5/c1-4-14(23-13-7-5-6-11(2)8-13)16(19)18-9-12(3)22-15(10-18)17(20)21/h11-15H,4-10H2,1-3H3,(H,20,21)/t11?,12-,13?,14?,15?/m1/s1. The smallest absolute Gasteiger partial charge is 0.334 e. The topological polar surface area (TPSA) is 76.1 Å².